The number of hydroxylamine groups is 2. The van der Waals surface area contributed by atoms with Gasteiger partial charge in [-0.25, -0.2) is 4.79 Å². The van der Waals surface area contributed by atoms with E-state index in [0.29, 0.717) is 79.5 Å². The van der Waals surface area contributed by atoms with Gasteiger partial charge in [0.05, 0.1) is 22.8 Å². The molecule has 0 aromatic carbocycles. The van der Waals surface area contributed by atoms with E-state index in [1.54, 1.807) is 18.9 Å². The number of hydrogen-bond donors (Lipinski definition) is 10. The number of methoxy groups -OCH3 is 1. The fraction of sp³-hybridized carbons (Fsp3) is 0.754. The van der Waals surface area contributed by atoms with Crippen LogP contribution in [0.2, 0.25) is 0 Å². The molecule has 478 valence electrons. The van der Waals surface area contributed by atoms with Crippen LogP contribution < -0.4 is 53.6 Å². The van der Waals surface area contributed by atoms with Gasteiger partial charge < -0.3 is 63.2 Å². The third-order valence-corrected chi connectivity index (χ3v) is 18.0. The standard InChI is InChI=1S/C28H48N6O2S.C23H40N6S.C6H7NO4.4ClH.2Mn/c1-36-15-6-11-28(35)31-14-16-37-23-17-21-19-32-26-9-4-2-7-24(26)29-12-13-30-25-8-3-5-10-27(25)33-20-22(18-23)34-21;24-9-12-30-19-13-17-15-27-22-7-3-1-5-20(22)25-10-11-26-21-6-2-4-8-23(21)28-16-18(14-19)29-17;1-4(8)11-7-5(9)2-3-6(7)10;;;;;;/h17-18,24-27,29-30,32-33H,2-16,19-20H2,1H3,(H,31,35);13-14,20-23,25-28H,1-12,15-16,24H2;2-3H2,1H3;4*1H;;/q;;;;;;;2*+2/p-4/t24-,25-,26-,27-;20-,21-,22-,23-;;;;;;;/m11......./s1. The number of imide groups is 1. The monoisotopic (exact) mass is 1370 g/mol. The molecule has 5 fully saturated rings. The van der Waals surface area contributed by atoms with Crippen LogP contribution in [0, 0.1) is 0 Å². The van der Waals surface area contributed by atoms with Gasteiger partial charge in [-0.15, -0.1) is 28.6 Å². The van der Waals surface area contributed by atoms with Gasteiger partial charge in [0.15, 0.2) is 0 Å². The summed E-state index contributed by atoms with van der Waals surface area (Å²) in [6, 6.07) is 13.2. The van der Waals surface area contributed by atoms with Gasteiger partial charge in [-0.3, -0.25) is 24.4 Å². The predicted molar refractivity (Wildman–Crippen MR) is 333 cm³/mol. The van der Waals surface area contributed by atoms with Crippen molar-refractivity contribution >= 4 is 87.6 Å². The Hall–Kier alpha value is -1.12. The van der Waals surface area contributed by atoms with E-state index in [0.717, 1.165) is 100.0 Å². The number of nitrogens with zero attached hydrogens (tertiary/aromatic N) is 3. The average molecular weight is 1370 g/mol. The zero-order chi connectivity index (χ0) is 60.2. The van der Waals surface area contributed by atoms with Crippen molar-refractivity contribution in [2.45, 2.75) is 220 Å². The van der Waals surface area contributed by atoms with Crippen molar-refractivity contribution < 1.29 is 55.0 Å². The van der Waals surface area contributed by atoms with Gasteiger partial charge in [0, 0.05) is 175 Å². The number of carbonyl (C=O) groups excluding carboxylic acids is 4. The van der Waals surface area contributed by atoms with Crippen molar-refractivity contribution in [2.24, 2.45) is 5.73 Å². The summed E-state index contributed by atoms with van der Waals surface area (Å²) in [6.45, 7) is 10.6. The number of hydrogen-bond acceptors (Lipinski definition) is 19. The number of ether oxygens (including phenoxy) is 1. The van der Waals surface area contributed by atoms with Crippen LogP contribution in [0.5, 0.6) is 0 Å². The minimum absolute atomic E-state index is 0.00694. The zero-order valence-corrected chi connectivity index (χ0v) is 56.2. The fourth-order valence-electron chi connectivity index (χ4n) is 12.0. The number of fused-ring (bicyclic) bond motifs is 8. The second-order valence-electron chi connectivity index (χ2n) is 22.1. The number of aromatic nitrogens is 2. The Morgan fingerprint density at radius 1 is 0.583 bits per heavy atom. The van der Waals surface area contributed by atoms with Gasteiger partial charge in [-0.1, -0.05) is 51.4 Å². The summed E-state index contributed by atoms with van der Waals surface area (Å²) in [7, 11) is 20.8. The molecule has 0 unspecified atom stereocenters. The molecule has 3 aliphatic heterocycles. The number of thioether (sulfide) groups is 2. The Kier molecular flexibility index (Phi) is 38.9. The van der Waals surface area contributed by atoms with Crippen LogP contribution in [-0.4, -0.2) is 152 Å². The van der Waals surface area contributed by atoms with Gasteiger partial charge in [0.2, 0.25) is 5.91 Å². The number of halogens is 4. The molecule has 9 rings (SSSR count). The summed E-state index contributed by atoms with van der Waals surface area (Å²) in [5, 5.41) is 34.3. The SMILES string of the molecule is CC(=O)ON1C(=O)CCC1=O.COCCCC(=O)NCCSc1cc2nc(c1)CN[C@@H]1CCCC[C@H]1NCCN[C@@H]1CCCC[C@H]1NC2.NCCSc1cc2nc(c1)CN[C@@H]1CCCC[C@H]1NCCN[C@@H]1CCCC[C@H]1NC2.[Cl][Mn][Cl].[Cl][Mn][Cl]. The fourth-order valence-corrected chi connectivity index (χ4v) is 13.7. The van der Waals surface area contributed by atoms with Crippen molar-refractivity contribution in [2.75, 3.05) is 64.5 Å². The number of amides is 3. The summed E-state index contributed by atoms with van der Waals surface area (Å²) < 4.78 is 5.04. The molecule has 4 bridgehead atoms. The molecule has 8 atom stereocenters. The van der Waals surface area contributed by atoms with Crippen LogP contribution in [0.3, 0.4) is 0 Å². The molecular formula is C57H95Cl4Mn2N13O6S2. The first kappa shape index (κ1) is 73.6. The van der Waals surface area contributed by atoms with E-state index >= 15 is 0 Å². The molecule has 84 heavy (non-hydrogen) atoms. The quantitative estimate of drug-likeness (QED) is 0.0437. The van der Waals surface area contributed by atoms with Crippen molar-refractivity contribution in [3.8, 4) is 0 Å². The second-order valence-corrected chi connectivity index (χ2v) is 28.3. The topological polar surface area (TPSA) is 250 Å². The Morgan fingerprint density at radius 3 is 1.21 bits per heavy atom. The van der Waals surface area contributed by atoms with E-state index < -0.39 is 17.8 Å². The molecular weight excluding hydrogens is 1280 g/mol. The number of nitrogens with two attached hydrogens (primary N) is 1. The van der Waals surface area contributed by atoms with Crippen LogP contribution in [0.15, 0.2) is 34.1 Å². The zero-order valence-electron chi connectivity index (χ0n) is 49.2. The minimum atomic E-state index is -0.659. The predicted octanol–water partition coefficient (Wildman–Crippen LogP) is 7.20. The Balaban J connectivity index is 0.000000244. The molecule has 1 saturated heterocycles. The van der Waals surface area contributed by atoms with Crippen LogP contribution in [-0.2, 0) is 81.2 Å². The molecule has 2 aromatic heterocycles. The molecule has 2 aromatic rings. The molecule has 27 heteroatoms. The molecule has 11 N–H and O–H groups in total. The number of nitrogens with one attached hydrogen (secondary N) is 9. The molecule has 0 spiro atoms. The Bertz CT molecular complexity index is 2110. The van der Waals surface area contributed by atoms with Gasteiger partial charge in [-0.05, 0) is 82.1 Å². The molecule has 0 radical (unpaired) electrons. The maximum atomic E-state index is 12.0. The molecule has 7 aliphatic rings. The van der Waals surface area contributed by atoms with Crippen molar-refractivity contribution in [3.05, 3.63) is 47.0 Å². The molecule has 19 nitrogen and oxygen atoms in total. The van der Waals surface area contributed by atoms with Gasteiger partial charge in [-0.2, -0.15) is 0 Å². The van der Waals surface area contributed by atoms with E-state index in [4.69, 9.17) is 60.8 Å². The Morgan fingerprint density at radius 2 is 0.905 bits per heavy atom. The van der Waals surface area contributed by atoms with E-state index in [2.05, 4.69) is 77.0 Å². The van der Waals surface area contributed by atoms with Gasteiger partial charge >= 0.3 is 72.6 Å². The maximum absolute atomic E-state index is 12.0. The van der Waals surface area contributed by atoms with E-state index in [1.807, 2.05) is 11.8 Å². The Labute approximate surface area is 538 Å². The van der Waals surface area contributed by atoms with Gasteiger partial charge in [0.25, 0.3) is 11.8 Å². The van der Waals surface area contributed by atoms with E-state index in [1.165, 1.54) is 113 Å². The molecule has 5 heterocycles. The van der Waals surface area contributed by atoms with Crippen LogP contribution in [0.1, 0.15) is 158 Å². The van der Waals surface area contributed by atoms with Crippen LogP contribution >= 0.6 is 63.9 Å². The average Bonchev–Trinajstić information content (AvgIpc) is 3.99. The first-order valence-electron chi connectivity index (χ1n) is 30.3. The van der Waals surface area contributed by atoms with Crippen molar-refractivity contribution in [3.63, 3.8) is 0 Å². The normalized spacial score (nSPS) is 25.8. The number of pyridine rings is 2. The second kappa shape index (κ2) is 44.4. The number of carbonyl (C=O) groups is 4. The van der Waals surface area contributed by atoms with E-state index in [-0.39, 0.29) is 45.0 Å². The first-order chi connectivity index (χ1) is 41.0. The van der Waals surface area contributed by atoms with Crippen molar-refractivity contribution in [1.29, 1.82) is 0 Å². The van der Waals surface area contributed by atoms with Crippen LogP contribution in [0.25, 0.3) is 0 Å². The molecule has 4 aliphatic carbocycles. The van der Waals surface area contributed by atoms with Crippen molar-refractivity contribution in [1.82, 2.24) is 62.9 Å². The summed E-state index contributed by atoms with van der Waals surface area (Å²) >= 11 is 3.66. The number of rotatable bonds is 12. The third-order valence-electron chi connectivity index (χ3n) is 16.0. The summed E-state index contributed by atoms with van der Waals surface area (Å²) in [5.41, 5.74) is 10.3. The van der Waals surface area contributed by atoms with Gasteiger partial charge in [0.1, 0.15) is 0 Å². The molecule has 4 saturated carbocycles. The first-order valence-corrected chi connectivity index (χ1v) is 38.8. The summed E-state index contributed by atoms with van der Waals surface area (Å²) in [6.07, 6.45) is 22.1. The third kappa shape index (κ3) is 28.8. The summed E-state index contributed by atoms with van der Waals surface area (Å²) in [4.78, 5) is 60.8. The molecule has 3 amide bonds. The summed E-state index contributed by atoms with van der Waals surface area (Å²) in [5.74, 6) is 0.338. The van der Waals surface area contributed by atoms with E-state index in [9.17, 15) is 19.2 Å². The van der Waals surface area contributed by atoms with Crippen LogP contribution in [0.4, 0.5) is 0 Å².